The molecule has 0 saturated carbocycles. The van der Waals surface area contributed by atoms with Gasteiger partial charge in [0, 0.05) is 21.2 Å². The first kappa shape index (κ1) is 19.6. The maximum absolute atomic E-state index is 13.2. The molecule has 146 valence electrons. The van der Waals surface area contributed by atoms with Crippen LogP contribution in [-0.4, -0.2) is 16.3 Å². The summed E-state index contributed by atoms with van der Waals surface area (Å²) in [6.45, 7) is 0.737. The van der Waals surface area contributed by atoms with Gasteiger partial charge in [0.15, 0.2) is 0 Å². The van der Waals surface area contributed by atoms with Gasteiger partial charge < -0.3 is 5.32 Å². The fourth-order valence-corrected chi connectivity index (χ4v) is 4.14. The molecule has 0 amide bonds. The Kier molecular flexibility index (Phi) is 5.30. The fraction of sp³-hybridized carbons (Fsp3) is 0.250. The molecule has 28 heavy (non-hydrogen) atoms. The molecule has 0 radical (unpaired) electrons. The molecular formula is C20H16ClF3IN3. The third kappa shape index (κ3) is 3.74. The highest BCUT2D eigenvalue weighted by Crippen LogP contribution is 2.38. The first-order chi connectivity index (χ1) is 13.3. The number of hydrogen-bond acceptors (Lipinski definition) is 2. The van der Waals surface area contributed by atoms with Crippen molar-refractivity contribution in [1.82, 2.24) is 9.78 Å². The predicted octanol–water partition coefficient (Wildman–Crippen LogP) is 6.56. The van der Waals surface area contributed by atoms with Gasteiger partial charge in [0.1, 0.15) is 5.82 Å². The van der Waals surface area contributed by atoms with Crippen LogP contribution in [0, 0.1) is 3.57 Å². The van der Waals surface area contributed by atoms with Gasteiger partial charge in [-0.25, -0.2) is 4.68 Å². The lowest BCUT2D eigenvalue weighted by molar-refractivity contribution is -0.137. The highest BCUT2D eigenvalue weighted by atomic mass is 127. The summed E-state index contributed by atoms with van der Waals surface area (Å²) in [6.07, 6.45) is -1.68. The standard InChI is InChI=1S/C20H16ClF3IN3/c21-16-8-7-13(20(22,23)24)11-17(16)28-19-15(6-1-2-9-26-19)18(27-28)12-4-3-5-14(25)10-12/h3-5,7-8,10-11,26H,1-2,6,9H2. The number of aromatic nitrogens is 2. The van der Waals surface area contributed by atoms with Gasteiger partial charge in [0.25, 0.3) is 0 Å². The predicted molar refractivity (Wildman–Crippen MR) is 113 cm³/mol. The second-order valence-corrected chi connectivity index (χ2v) is 8.30. The lowest BCUT2D eigenvalue weighted by Crippen LogP contribution is -2.10. The number of rotatable bonds is 2. The molecule has 0 spiro atoms. The molecule has 1 aliphatic rings. The maximum atomic E-state index is 13.2. The molecule has 0 bridgehead atoms. The van der Waals surface area contributed by atoms with Gasteiger partial charge in [0.2, 0.25) is 0 Å². The number of fused-ring (bicyclic) bond motifs is 1. The molecular weight excluding hydrogens is 502 g/mol. The van der Waals surface area contributed by atoms with Crippen LogP contribution in [0.15, 0.2) is 42.5 Å². The molecule has 1 aromatic heterocycles. The minimum atomic E-state index is -4.45. The van der Waals surface area contributed by atoms with E-state index >= 15 is 0 Å². The summed E-state index contributed by atoms with van der Waals surface area (Å²) in [6, 6.07) is 11.2. The summed E-state index contributed by atoms with van der Waals surface area (Å²) < 4.78 is 42.3. The molecule has 3 aromatic rings. The molecule has 1 N–H and O–H groups in total. The Bertz CT molecular complexity index is 1030. The van der Waals surface area contributed by atoms with Crippen LogP contribution in [0.5, 0.6) is 0 Å². The topological polar surface area (TPSA) is 29.9 Å². The lowest BCUT2D eigenvalue weighted by Gasteiger charge is -2.13. The van der Waals surface area contributed by atoms with Crippen LogP contribution < -0.4 is 5.32 Å². The molecule has 0 aliphatic carbocycles. The van der Waals surface area contributed by atoms with E-state index in [0.717, 1.165) is 58.3 Å². The number of halogens is 5. The van der Waals surface area contributed by atoms with Crippen molar-refractivity contribution in [2.24, 2.45) is 0 Å². The molecule has 0 atom stereocenters. The molecule has 0 saturated heterocycles. The molecule has 3 nitrogen and oxygen atoms in total. The van der Waals surface area contributed by atoms with E-state index in [2.05, 4.69) is 27.9 Å². The second kappa shape index (κ2) is 7.59. The largest absolute Gasteiger partial charge is 0.416 e. The quantitative estimate of drug-likeness (QED) is 0.390. The van der Waals surface area contributed by atoms with E-state index in [1.54, 1.807) is 0 Å². The Morgan fingerprint density at radius 2 is 1.93 bits per heavy atom. The fourth-order valence-electron chi connectivity index (χ4n) is 3.40. The number of nitrogens with one attached hydrogen (secondary N) is 1. The lowest BCUT2D eigenvalue weighted by atomic mass is 10.0. The van der Waals surface area contributed by atoms with Crippen LogP contribution in [0.1, 0.15) is 24.0 Å². The van der Waals surface area contributed by atoms with E-state index in [9.17, 15) is 13.2 Å². The van der Waals surface area contributed by atoms with Crippen molar-refractivity contribution in [3.63, 3.8) is 0 Å². The molecule has 0 unspecified atom stereocenters. The number of anilines is 1. The summed E-state index contributed by atoms with van der Waals surface area (Å²) in [5.74, 6) is 0.715. The van der Waals surface area contributed by atoms with E-state index in [0.29, 0.717) is 5.82 Å². The van der Waals surface area contributed by atoms with Crippen LogP contribution >= 0.6 is 34.2 Å². The number of benzene rings is 2. The molecule has 8 heteroatoms. The highest BCUT2D eigenvalue weighted by Gasteiger charge is 2.32. The van der Waals surface area contributed by atoms with Crippen molar-refractivity contribution in [2.75, 3.05) is 11.9 Å². The van der Waals surface area contributed by atoms with Crippen LogP contribution in [0.25, 0.3) is 16.9 Å². The van der Waals surface area contributed by atoms with Crippen molar-refractivity contribution in [1.29, 1.82) is 0 Å². The minimum Gasteiger partial charge on any atom is -0.370 e. The Labute approximate surface area is 179 Å². The average Bonchev–Trinajstić information content (AvgIpc) is 2.82. The summed E-state index contributed by atoms with van der Waals surface area (Å²) in [7, 11) is 0. The Morgan fingerprint density at radius 1 is 1.11 bits per heavy atom. The second-order valence-electron chi connectivity index (χ2n) is 6.65. The highest BCUT2D eigenvalue weighted by molar-refractivity contribution is 14.1. The Hall–Kier alpha value is -1.74. The monoisotopic (exact) mass is 517 g/mol. The van der Waals surface area contributed by atoms with Gasteiger partial charge in [-0.3, -0.25) is 0 Å². The van der Waals surface area contributed by atoms with Crippen molar-refractivity contribution in [3.05, 3.63) is 62.2 Å². The van der Waals surface area contributed by atoms with Crippen LogP contribution in [0.2, 0.25) is 5.02 Å². The average molecular weight is 518 g/mol. The summed E-state index contributed by atoms with van der Waals surface area (Å²) in [5, 5.41) is 8.26. The van der Waals surface area contributed by atoms with Gasteiger partial charge in [-0.05, 0) is 72.2 Å². The first-order valence-electron chi connectivity index (χ1n) is 8.83. The molecule has 1 aliphatic heterocycles. The third-order valence-corrected chi connectivity index (χ3v) is 5.72. The zero-order valence-electron chi connectivity index (χ0n) is 14.7. The van der Waals surface area contributed by atoms with Crippen LogP contribution in [-0.2, 0) is 12.6 Å². The zero-order chi connectivity index (χ0) is 19.9. The van der Waals surface area contributed by atoms with E-state index in [1.165, 1.54) is 10.7 Å². The Balaban J connectivity index is 1.94. The summed E-state index contributed by atoms with van der Waals surface area (Å²) in [5.41, 5.74) is 2.19. The smallest absolute Gasteiger partial charge is 0.370 e. The van der Waals surface area contributed by atoms with Gasteiger partial charge in [-0.15, -0.1) is 0 Å². The van der Waals surface area contributed by atoms with E-state index < -0.39 is 11.7 Å². The maximum Gasteiger partial charge on any atom is 0.416 e. The first-order valence-corrected chi connectivity index (χ1v) is 10.3. The van der Waals surface area contributed by atoms with Crippen LogP contribution in [0.4, 0.5) is 19.0 Å². The van der Waals surface area contributed by atoms with E-state index in [1.807, 2.05) is 24.3 Å². The van der Waals surface area contributed by atoms with Gasteiger partial charge in [0.05, 0.1) is 22.0 Å². The molecule has 2 aromatic carbocycles. The van der Waals surface area contributed by atoms with E-state index in [-0.39, 0.29) is 10.7 Å². The van der Waals surface area contributed by atoms with Gasteiger partial charge >= 0.3 is 6.18 Å². The third-order valence-electron chi connectivity index (χ3n) is 4.73. The zero-order valence-corrected chi connectivity index (χ0v) is 17.6. The van der Waals surface area contributed by atoms with Gasteiger partial charge in [-0.1, -0.05) is 23.7 Å². The number of alkyl halides is 3. The molecule has 2 heterocycles. The number of nitrogens with zero attached hydrogens (tertiary/aromatic N) is 2. The minimum absolute atomic E-state index is 0.221. The van der Waals surface area contributed by atoms with E-state index in [4.69, 9.17) is 16.7 Å². The Morgan fingerprint density at radius 3 is 2.68 bits per heavy atom. The summed E-state index contributed by atoms with van der Waals surface area (Å²) in [4.78, 5) is 0. The van der Waals surface area contributed by atoms with Crippen molar-refractivity contribution < 1.29 is 13.2 Å². The van der Waals surface area contributed by atoms with Crippen LogP contribution in [0.3, 0.4) is 0 Å². The van der Waals surface area contributed by atoms with Crippen molar-refractivity contribution in [3.8, 4) is 16.9 Å². The normalized spacial score (nSPS) is 14.3. The summed E-state index contributed by atoms with van der Waals surface area (Å²) >= 11 is 8.52. The SMILES string of the molecule is FC(F)(F)c1ccc(Cl)c(-n2nc(-c3cccc(I)c3)c3c2NCCCC3)c1. The van der Waals surface area contributed by atoms with Crippen molar-refractivity contribution in [2.45, 2.75) is 25.4 Å². The molecule has 0 fully saturated rings. The van der Waals surface area contributed by atoms with Gasteiger partial charge in [-0.2, -0.15) is 18.3 Å². The number of hydrogen-bond donors (Lipinski definition) is 1. The van der Waals surface area contributed by atoms with Crippen molar-refractivity contribution >= 4 is 40.0 Å². The molecule has 4 rings (SSSR count).